The number of hydrogen-bond acceptors (Lipinski definition) is 5. The molecule has 2 aliphatic carbocycles. The van der Waals surface area contributed by atoms with Crippen molar-refractivity contribution in [3.8, 4) is 0 Å². The third kappa shape index (κ3) is 2.55. The maximum Gasteiger partial charge on any atom is 0.241 e. The van der Waals surface area contributed by atoms with Crippen LogP contribution in [0.5, 0.6) is 0 Å². The van der Waals surface area contributed by atoms with Crippen molar-refractivity contribution < 1.29 is 18.0 Å². The monoisotopic (exact) mass is 404 g/mol. The standard InChI is InChI=1S/C21H28N2O4S/c1-15-21-11-9-17(20(21,2)3)13-18(21)23(28(15,25)26)19(24)10-12-22-27-14-16-7-5-4-6-8-16/h4-8,12,15,17-18H,9-11,13-14H2,1-3H3/b22-12-/t15?,17-,18-,21+/m1/s1. The molecule has 2 saturated carbocycles. The van der Waals surface area contributed by atoms with E-state index in [1.807, 2.05) is 30.3 Å². The summed E-state index contributed by atoms with van der Waals surface area (Å²) in [5.41, 5.74) is 0.590. The number of sulfonamides is 1. The number of amides is 1. The van der Waals surface area contributed by atoms with Crippen molar-refractivity contribution >= 4 is 22.1 Å². The third-order valence-corrected chi connectivity index (χ3v) is 10.0. The largest absolute Gasteiger partial charge is 0.391 e. The molecular formula is C21H28N2O4S. The van der Waals surface area contributed by atoms with Crippen molar-refractivity contribution in [1.29, 1.82) is 0 Å². The van der Waals surface area contributed by atoms with E-state index < -0.39 is 21.2 Å². The molecule has 3 aliphatic rings. The number of nitrogens with zero attached hydrogens (tertiary/aromatic N) is 2. The molecule has 1 aromatic rings. The minimum Gasteiger partial charge on any atom is -0.391 e. The number of benzene rings is 1. The maximum atomic E-state index is 13.1. The smallest absolute Gasteiger partial charge is 0.241 e. The highest BCUT2D eigenvalue weighted by Gasteiger charge is 2.75. The molecule has 6 nitrogen and oxygen atoms in total. The van der Waals surface area contributed by atoms with Gasteiger partial charge < -0.3 is 4.84 Å². The van der Waals surface area contributed by atoms with Gasteiger partial charge in [-0.1, -0.05) is 49.3 Å². The van der Waals surface area contributed by atoms with Gasteiger partial charge in [0.2, 0.25) is 15.9 Å². The van der Waals surface area contributed by atoms with E-state index in [4.69, 9.17) is 4.84 Å². The first-order chi connectivity index (χ1) is 13.2. The summed E-state index contributed by atoms with van der Waals surface area (Å²) >= 11 is 0. The molecule has 7 heteroatoms. The summed E-state index contributed by atoms with van der Waals surface area (Å²) in [5, 5.41) is 3.31. The summed E-state index contributed by atoms with van der Waals surface area (Å²) in [6.45, 7) is 6.47. The third-order valence-electron chi connectivity index (χ3n) is 7.69. The number of fused-ring (bicyclic) bond motifs is 1. The topological polar surface area (TPSA) is 76.0 Å². The highest BCUT2D eigenvalue weighted by Crippen LogP contribution is 2.72. The number of rotatable bonds is 5. The summed E-state index contributed by atoms with van der Waals surface area (Å²) in [7, 11) is -3.64. The molecule has 1 spiro atoms. The van der Waals surface area contributed by atoms with Gasteiger partial charge in [0.25, 0.3) is 0 Å². The zero-order chi connectivity index (χ0) is 20.2. The van der Waals surface area contributed by atoms with E-state index in [0.717, 1.165) is 24.8 Å². The predicted octanol–water partition coefficient (Wildman–Crippen LogP) is 3.33. The molecule has 1 heterocycles. The molecule has 2 bridgehead atoms. The van der Waals surface area contributed by atoms with Crippen LogP contribution in [-0.2, 0) is 26.3 Å². The number of hydrogen-bond donors (Lipinski definition) is 0. The van der Waals surface area contributed by atoms with Crippen LogP contribution in [0.4, 0.5) is 0 Å². The lowest BCUT2D eigenvalue weighted by Crippen LogP contribution is -2.45. The molecule has 1 aliphatic heterocycles. The second-order valence-electron chi connectivity index (χ2n) is 8.88. The van der Waals surface area contributed by atoms with Crippen LogP contribution < -0.4 is 0 Å². The Morgan fingerprint density at radius 1 is 1.32 bits per heavy atom. The van der Waals surface area contributed by atoms with Gasteiger partial charge in [0.15, 0.2) is 0 Å². The van der Waals surface area contributed by atoms with Crippen LogP contribution in [0.3, 0.4) is 0 Å². The van der Waals surface area contributed by atoms with Gasteiger partial charge in [0.1, 0.15) is 6.61 Å². The van der Waals surface area contributed by atoms with Gasteiger partial charge in [0, 0.05) is 5.41 Å². The summed E-state index contributed by atoms with van der Waals surface area (Å²) in [6.07, 6.45) is 4.02. The molecule has 0 N–H and O–H groups in total. The minimum absolute atomic E-state index is 0.0634. The Morgan fingerprint density at radius 3 is 2.71 bits per heavy atom. The summed E-state index contributed by atoms with van der Waals surface area (Å²) in [4.78, 5) is 18.1. The lowest BCUT2D eigenvalue weighted by Gasteiger charge is -2.39. The Balaban J connectivity index is 1.45. The summed E-state index contributed by atoms with van der Waals surface area (Å²) in [5.74, 6) is 0.0813. The molecule has 28 heavy (non-hydrogen) atoms. The van der Waals surface area contributed by atoms with Crippen molar-refractivity contribution in [1.82, 2.24) is 4.31 Å². The van der Waals surface area contributed by atoms with Crippen molar-refractivity contribution in [2.45, 2.75) is 64.4 Å². The van der Waals surface area contributed by atoms with E-state index in [1.165, 1.54) is 10.5 Å². The van der Waals surface area contributed by atoms with Crippen molar-refractivity contribution in [2.24, 2.45) is 21.9 Å². The van der Waals surface area contributed by atoms with Crippen LogP contribution in [0.15, 0.2) is 35.5 Å². The quantitative estimate of drug-likeness (QED) is 0.557. The zero-order valence-electron chi connectivity index (χ0n) is 16.7. The molecule has 3 fully saturated rings. The number of oxime groups is 1. The fraction of sp³-hybridized carbons (Fsp3) is 0.619. The fourth-order valence-electron chi connectivity index (χ4n) is 6.14. The summed E-state index contributed by atoms with van der Waals surface area (Å²) < 4.78 is 27.4. The zero-order valence-corrected chi connectivity index (χ0v) is 17.5. The van der Waals surface area contributed by atoms with Crippen LogP contribution in [0.25, 0.3) is 0 Å². The van der Waals surface area contributed by atoms with Gasteiger partial charge in [-0.25, -0.2) is 12.7 Å². The van der Waals surface area contributed by atoms with E-state index >= 15 is 0 Å². The molecule has 0 radical (unpaired) electrons. The Labute approximate surface area is 167 Å². The highest BCUT2D eigenvalue weighted by atomic mass is 32.2. The second kappa shape index (κ2) is 6.58. The molecule has 4 rings (SSSR count). The minimum atomic E-state index is -3.64. The number of carbonyl (C=O) groups is 1. The van der Waals surface area contributed by atoms with E-state index in [0.29, 0.717) is 12.5 Å². The van der Waals surface area contributed by atoms with E-state index in [-0.39, 0.29) is 23.3 Å². The first-order valence-corrected chi connectivity index (χ1v) is 11.5. The number of carbonyl (C=O) groups excluding carboxylic acids is 1. The van der Waals surface area contributed by atoms with Crippen LogP contribution >= 0.6 is 0 Å². The molecule has 0 aromatic heterocycles. The molecular weight excluding hydrogens is 376 g/mol. The first-order valence-electron chi connectivity index (χ1n) is 9.96. The van der Waals surface area contributed by atoms with Gasteiger partial charge in [0.05, 0.1) is 23.9 Å². The second-order valence-corrected chi connectivity index (χ2v) is 11.0. The van der Waals surface area contributed by atoms with Gasteiger partial charge in [-0.05, 0) is 43.1 Å². The van der Waals surface area contributed by atoms with Crippen molar-refractivity contribution in [3.63, 3.8) is 0 Å². The maximum absolute atomic E-state index is 13.1. The lowest BCUT2D eigenvalue weighted by atomic mass is 9.65. The van der Waals surface area contributed by atoms with Crippen LogP contribution in [-0.4, -0.2) is 36.1 Å². The van der Waals surface area contributed by atoms with Gasteiger partial charge in [-0.15, -0.1) is 0 Å². The highest BCUT2D eigenvalue weighted by molar-refractivity contribution is 7.90. The van der Waals surface area contributed by atoms with Crippen LogP contribution in [0.2, 0.25) is 0 Å². The van der Waals surface area contributed by atoms with Crippen molar-refractivity contribution in [3.05, 3.63) is 35.9 Å². The van der Waals surface area contributed by atoms with Gasteiger partial charge in [-0.2, -0.15) is 0 Å². The average molecular weight is 405 g/mol. The normalized spacial score (nSPS) is 34.7. The van der Waals surface area contributed by atoms with E-state index in [9.17, 15) is 13.2 Å². The molecule has 1 saturated heterocycles. The average Bonchev–Trinajstić information content (AvgIpc) is 3.12. The SMILES string of the molecule is CC1[C@@]23CC[C@H](C[C@H]2N(C(=O)C/C=N\OCc2ccccc2)S1(=O)=O)C3(C)C. The fourth-order valence-corrected chi connectivity index (χ4v) is 8.58. The van der Waals surface area contributed by atoms with E-state index in [2.05, 4.69) is 19.0 Å². The Bertz CT molecular complexity index is 896. The van der Waals surface area contributed by atoms with E-state index in [1.54, 1.807) is 6.92 Å². The Hall–Kier alpha value is -1.89. The van der Waals surface area contributed by atoms with Crippen LogP contribution in [0, 0.1) is 16.7 Å². The Morgan fingerprint density at radius 2 is 2.04 bits per heavy atom. The predicted molar refractivity (Wildman–Crippen MR) is 107 cm³/mol. The molecule has 4 atom stereocenters. The lowest BCUT2D eigenvalue weighted by molar-refractivity contribution is -0.127. The Kier molecular flexibility index (Phi) is 4.56. The van der Waals surface area contributed by atoms with Crippen molar-refractivity contribution in [2.75, 3.05) is 0 Å². The first kappa shape index (κ1) is 19.4. The molecule has 152 valence electrons. The molecule has 1 amide bonds. The summed E-state index contributed by atoms with van der Waals surface area (Å²) in [6, 6.07) is 9.39. The molecule has 1 unspecified atom stereocenters. The van der Waals surface area contributed by atoms with Gasteiger partial charge in [-0.3, -0.25) is 4.79 Å². The van der Waals surface area contributed by atoms with Crippen LogP contribution in [0.1, 0.15) is 52.0 Å². The molecule has 1 aromatic carbocycles. The van der Waals surface area contributed by atoms with Gasteiger partial charge >= 0.3 is 0 Å².